The molecule has 0 aromatic heterocycles. The molecule has 0 aliphatic heterocycles. The summed E-state index contributed by atoms with van der Waals surface area (Å²) in [5.41, 5.74) is 5.44. The Hall–Kier alpha value is -0.910. The Morgan fingerprint density at radius 1 is 1.56 bits per heavy atom. The van der Waals surface area contributed by atoms with Crippen LogP contribution in [0.3, 0.4) is 0 Å². The van der Waals surface area contributed by atoms with Crippen LogP contribution in [0, 0.1) is 0 Å². The lowest BCUT2D eigenvalue weighted by molar-refractivity contribution is -0.0715. The van der Waals surface area contributed by atoms with E-state index in [1.165, 1.54) is 25.3 Å². The summed E-state index contributed by atoms with van der Waals surface area (Å²) in [5, 5.41) is 8.83. The Kier molecular flexibility index (Phi) is 4.07. The highest BCUT2D eigenvalue weighted by Crippen LogP contribution is 2.35. The van der Waals surface area contributed by atoms with Gasteiger partial charge in [0.25, 0.3) is 5.92 Å². The molecule has 6 heteroatoms. The molecular weight excluding hydrogens is 240 g/mol. The number of benzene rings is 1. The Bertz CT molecular complexity index is 374. The summed E-state index contributed by atoms with van der Waals surface area (Å²) in [6, 6.07) is 2.60. The molecule has 1 rings (SSSR count). The highest BCUT2D eigenvalue weighted by Gasteiger charge is 2.38. The highest BCUT2D eigenvalue weighted by molar-refractivity contribution is 6.30. The average molecular weight is 252 g/mol. The highest BCUT2D eigenvalue weighted by atomic mass is 35.5. The zero-order valence-electron chi connectivity index (χ0n) is 8.58. The van der Waals surface area contributed by atoms with Crippen molar-refractivity contribution in [2.75, 3.05) is 13.7 Å². The Labute approximate surface area is 96.8 Å². The number of methoxy groups -OCH3 is 1. The van der Waals surface area contributed by atoms with Crippen LogP contribution in [0.5, 0.6) is 5.75 Å². The molecule has 90 valence electrons. The van der Waals surface area contributed by atoms with Gasteiger partial charge in [0.2, 0.25) is 0 Å². The molecule has 0 amide bonds. The number of aliphatic hydroxyl groups is 1. The van der Waals surface area contributed by atoms with Crippen molar-refractivity contribution < 1.29 is 18.6 Å². The number of hydrogen-bond acceptors (Lipinski definition) is 3. The first-order chi connectivity index (χ1) is 7.42. The summed E-state index contributed by atoms with van der Waals surface area (Å²) in [5.74, 6) is -3.21. The largest absolute Gasteiger partial charge is 0.496 e. The van der Waals surface area contributed by atoms with Crippen LogP contribution < -0.4 is 10.5 Å². The molecule has 1 aromatic carbocycles. The van der Waals surface area contributed by atoms with Crippen LogP contribution in [0.4, 0.5) is 8.78 Å². The summed E-state index contributed by atoms with van der Waals surface area (Å²) in [6.45, 7) is -1.33. The standard InChI is InChI=1S/C10H12ClF2NO2/c1-16-8-3-2-6(11)4-7(8)9(14)10(12,13)5-15/h2-4,9,15H,5,14H2,1H3/t9-/m0/s1. The fourth-order valence-electron chi connectivity index (χ4n) is 1.27. The third-order valence-electron chi connectivity index (χ3n) is 2.19. The van der Waals surface area contributed by atoms with E-state index in [0.717, 1.165) is 0 Å². The molecule has 3 N–H and O–H groups in total. The van der Waals surface area contributed by atoms with Crippen molar-refractivity contribution in [2.24, 2.45) is 5.73 Å². The number of rotatable bonds is 4. The lowest BCUT2D eigenvalue weighted by Gasteiger charge is -2.23. The van der Waals surface area contributed by atoms with Crippen molar-refractivity contribution in [3.05, 3.63) is 28.8 Å². The van der Waals surface area contributed by atoms with Crippen molar-refractivity contribution in [3.8, 4) is 5.75 Å². The van der Waals surface area contributed by atoms with Crippen LogP contribution in [-0.2, 0) is 0 Å². The van der Waals surface area contributed by atoms with Crippen LogP contribution in [0.25, 0.3) is 0 Å². The summed E-state index contributed by atoms with van der Waals surface area (Å²) in [6.07, 6.45) is 0. The van der Waals surface area contributed by atoms with E-state index in [0.29, 0.717) is 0 Å². The van der Waals surface area contributed by atoms with Crippen LogP contribution in [-0.4, -0.2) is 24.7 Å². The predicted octanol–water partition coefficient (Wildman–Crippen LogP) is 1.98. The Morgan fingerprint density at radius 2 is 2.19 bits per heavy atom. The van der Waals surface area contributed by atoms with Crippen molar-refractivity contribution in [1.82, 2.24) is 0 Å². The van der Waals surface area contributed by atoms with Crippen molar-refractivity contribution >= 4 is 11.6 Å². The first kappa shape index (κ1) is 13.2. The summed E-state index contributed by atoms with van der Waals surface area (Å²) in [7, 11) is 1.34. The van der Waals surface area contributed by atoms with E-state index in [4.69, 9.17) is 27.2 Å². The van der Waals surface area contributed by atoms with Crippen LogP contribution in [0.15, 0.2) is 18.2 Å². The van der Waals surface area contributed by atoms with Gasteiger partial charge >= 0.3 is 0 Å². The molecule has 0 unspecified atom stereocenters. The van der Waals surface area contributed by atoms with E-state index in [1.807, 2.05) is 0 Å². The second kappa shape index (κ2) is 4.95. The van der Waals surface area contributed by atoms with E-state index in [1.54, 1.807) is 0 Å². The van der Waals surface area contributed by atoms with Gasteiger partial charge in [-0.2, -0.15) is 0 Å². The minimum absolute atomic E-state index is 0.0639. The van der Waals surface area contributed by atoms with E-state index in [9.17, 15) is 8.78 Å². The lowest BCUT2D eigenvalue weighted by Crippen LogP contribution is -2.36. The maximum absolute atomic E-state index is 13.2. The predicted molar refractivity (Wildman–Crippen MR) is 57.0 cm³/mol. The molecule has 0 aliphatic rings. The van der Waals surface area contributed by atoms with Crippen LogP contribution >= 0.6 is 11.6 Å². The van der Waals surface area contributed by atoms with Gasteiger partial charge in [-0.3, -0.25) is 0 Å². The summed E-state index contributed by atoms with van der Waals surface area (Å²) in [4.78, 5) is 0. The van der Waals surface area contributed by atoms with Gasteiger partial charge in [-0.1, -0.05) is 11.6 Å². The molecule has 1 aromatic rings. The fraction of sp³-hybridized carbons (Fsp3) is 0.400. The van der Waals surface area contributed by atoms with Crippen LogP contribution in [0.1, 0.15) is 11.6 Å². The maximum Gasteiger partial charge on any atom is 0.289 e. The van der Waals surface area contributed by atoms with Gasteiger partial charge in [0.1, 0.15) is 18.4 Å². The molecule has 0 heterocycles. The number of alkyl halides is 2. The van der Waals surface area contributed by atoms with Crippen molar-refractivity contribution in [2.45, 2.75) is 12.0 Å². The zero-order valence-corrected chi connectivity index (χ0v) is 9.34. The smallest absolute Gasteiger partial charge is 0.289 e. The molecule has 1 atom stereocenters. The average Bonchev–Trinajstić information content (AvgIpc) is 2.28. The number of aliphatic hydroxyl groups excluding tert-OH is 1. The van der Waals surface area contributed by atoms with Gasteiger partial charge in [0, 0.05) is 10.6 Å². The second-order valence-electron chi connectivity index (χ2n) is 3.28. The van der Waals surface area contributed by atoms with Gasteiger partial charge < -0.3 is 15.6 Å². The van der Waals surface area contributed by atoms with Gasteiger partial charge in [-0.15, -0.1) is 0 Å². The SMILES string of the molecule is COc1ccc(Cl)cc1[C@H](N)C(F)(F)CO. The van der Waals surface area contributed by atoms with Gasteiger partial charge in [-0.25, -0.2) is 8.78 Å². The van der Waals surface area contributed by atoms with E-state index < -0.39 is 18.6 Å². The zero-order chi connectivity index (χ0) is 12.3. The monoisotopic (exact) mass is 251 g/mol. The van der Waals surface area contributed by atoms with Gasteiger partial charge in [0.15, 0.2) is 0 Å². The number of nitrogens with two attached hydrogens (primary N) is 1. The summed E-state index contributed by atoms with van der Waals surface area (Å²) < 4.78 is 31.3. The van der Waals surface area contributed by atoms with Crippen LogP contribution in [0.2, 0.25) is 5.02 Å². The molecule has 0 aliphatic carbocycles. The van der Waals surface area contributed by atoms with Gasteiger partial charge in [-0.05, 0) is 18.2 Å². The lowest BCUT2D eigenvalue weighted by atomic mass is 10.0. The van der Waals surface area contributed by atoms with E-state index in [-0.39, 0.29) is 16.3 Å². The third-order valence-corrected chi connectivity index (χ3v) is 2.43. The molecule has 0 fully saturated rings. The van der Waals surface area contributed by atoms with Crippen molar-refractivity contribution in [3.63, 3.8) is 0 Å². The molecule has 0 spiro atoms. The molecule has 0 saturated heterocycles. The summed E-state index contributed by atoms with van der Waals surface area (Å²) >= 11 is 5.69. The number of hydrogen-bond donors (Lipinski definition) is 2. The van der Waals surface area contributed by atoms with E-state index in [2.05, 4.69) is 0 Å². The molecule has 0 saturated carbocycles. The minimum Gasteiger partial charge on any atom is -0.496 e. The normalized spacial score (nSPS) is 13.6. The van der Waals surface area contributed by atoms with Gasteiger partial charge in [0.05, 0.1) is 7.11 Å². The second-order valence-corrected chi connectivity index (χ2v) is 3.72. The minimum atomic E-state index is -3.42. The first-order valence-corrected chi connectivity index (χ1v) is 4.88. The molecular formula is C10H12ClF2NO2. The Morgan fingerprint density at radius 3 is 2.69 bits per heavy atom. The quantitative estimate of drug-likeness (QED) is 0.860. The number of halogens is 3. The fourth-order valence-corrected chi connectivity index (χ4v) is 1.45. The molecule has 0 bridgehead atoms. The topological polar surface area (TPSA) is 55.5 Å². The number of ether oxygens (including phenoxy) is 1. The first-order valence-electron chi connectivity index (χ1n) is 4.50. The Balaban J connectivity index is 3.16. The maximum atomic E-state index is 13.2. The van der Waals surface area contributed by atoms with Crippen molar-refractivity contribution in [1.29, 1.82) is 0 Å². The van der Waals surface area contributed by atoms with E-state index >= 15 is 0 Å². The molecule has 0 radical (unpaired) electrons. The third kappa shape index (κ3) is 2.61. The molecule has 16 heavy (non-hydrogen) atoms. The molecule has 3 nitrogen and oxygen atoms in total.